The number of halogens is 2. The Morgan fingerprint density at radius 1 is 1.03 bits per heavy atom. The van der Waals surface area contributed by atoms with Gasteiger partial charge < -0.3 is 9.80 Å². The van der Waals surface area contributed by atoms with Gasteiger partial charge in [0.05, 0.1) is 16.5 Å². The fourth-order valence-electron chi connectivity index (χ4n) is 4.81. The van der Waals surface area contributed by atoms with Crippen LogP contribution in [0.2, 0.25) is 5.02 Å². The third kappa shape index (κ3) is 5.22. The van der Waals surface area contributed by atoms with Crippen LogP contribution >= 0.6 is 11.6 Å². The predicted molar refractivity (Wildman–Crippen MR) is 117 cm³/mol. The lowest BCUT2D eigenvalue weighted by molar-refractivity contribution is -0.133. The average Bonchev–Trinajstić information content (AvgIpc) is 3.43. The van der Waals surface area contributed by atoms with E-state index in [4.69, 9.17) is 11.6 Å². The van der Waals surface area contributed by atoms with Crippen LogP contribution in [0.25, 0.3) is 0 Å². The van der Waals surface area contributed by atoms with Gasteiger partial charge in [0.1, 0.15) is 5.82 Å². The highest BCUT2D eigenvalue weighted by Crippen LogP contribution is 2.24. The Morgan fingerprint density at radius 3 is 2.42 bits per heavy atom. The summed E-state index contributed by atoms with van der Waals surface area (Å²) >= 11 is 5.75. The van der Waals surface area contributed by atoms with Gasteiger partial charge in [0.15, 0.2) is 0 Å². The maximum absolute atomic E-state index is 13.4. The number of likely N-dealkylation sites (tertiary alicyclic amines) is 2. The van der Waals surface area contributed by atoms with Crippen LogP contribution in [-0.4, -0.2) is 98.3 Å². The number of benzene rings is 1. The number of hydrogen-bond acceptors (Lipinski definition) is 5. The van der Waals surface area contributed by atoms with Crippen molar-refractivity contribution < 1.29 is 17.6 Å². The SMILES string of the molecule is O=C(CN1CCCC1CN1CCCC1)N1CCN(S(=O)(=O)c2ccc(F)c(Cl)c2)CC1. The van der Waals surface area contributed by atoms with Crippen molar-refractivity contribution in [3.05, 3.63) is 29.0 Å². The molecule has 0 saturated carbocycles. The second-order valence-electron chi connectivity index (χ2n) is 8.64. The molecule has 7 nitrogen and oxygen atoms in total. The number of rotatable bonds is 6. The lowest BCUT2D eigenvalue weighted by Crippen LogP contribution is -2.53. The van der Waals surface area contributed by atoms with Gasteiger partial charge in [-0.15, -0.1) is 0 Å². The normalized spacial score (nSPS) is 24.2. The predicted octanol–water partition coefficient (Wildman–Crippen LogP) is 1.87. The molecule has 0 aromatic heterocycles. The van der Waals surface area contributed by atoms with E-state index in [9.17, 15) is 17.6 Å². The standard InChI is InChI=1S/C21H30ClFN4O3S/c22-19-14-18(5-6-20(19)23)31(29,30)27-12-10-25(11-13-27)21(28)16-26-9-3-4-17(26)15-24-7-1-2-8-24/h5-6,14,17H,1-4,7-13,15-16H2. The molecule has 1 aromatic carbocycles. The molecular weight excluding hydrogens is 443 g/mol. The number of hydrogen-bond donors (Lipinski definition) is 0. The van der Waals surface area contributed by atoms with Gasteiger partial charge in [0, 0.05) is 38.8 Å². The molecule has 1 unspecified atom stereocenters. The molecule has 0 aliphatic carbocycles. The summed E-state index contributed by atoms with van der Waals surface area (Å²) in [4.78, 5) is 19.4. The molecular formula is C21H30ClFN4O3S. The van der Waals surface area contributed by atoms with E-state index in [-0.39, 0.29) is 28.9 Å². The van der Waals surface area contributed by atoms with E-state index in [0.29, 0.717) is 25.7 Å². The molecule has 0 radical (unpaired) electrons. The summed E-state index contributed by atoms with van der Waals surface area (Å²) in [6.45, 7) is 5.88. The minimum atomic E-state index is -3.77. The van der Waals surface area contributed by atoms with Gasteiger partial charge in [-0.2, -0.15) is 4.31 Å². The fraction of sp³-hybridized carbons (Fsp3) is 0.667. The average molecular weight is 473 g/mol. The minimum absolute atomic E-state index is 0.0273. The Labute approximate surface area is 188 Å². The Bertz CT molecular complexity index is 902. The first-order chi connectivity index (χ1) is 14.8. The number of carbonyl (C=O) groups excluding carboxylic acids is 1. The van der Waals surface area contributed by atoms with E-state index >= 15 is 0 Å². The molecule has 3 aliphatic heterocycles. The zero-order valence-electron chi connectivity index (χ0n) is 17.7. The smallest absolute Gasteiger partial charge is 0.243 e. The summed E-state index contributed by atoms with van der Waals surface area (Å²) in [6.07, 6.45) is 4.79. The Balaban J connectivity index is 1.30. The van der Waals surface area contributed by atoms with Crippen molar-refractivity contribution in [2.24, 2.45) is 0 Å². The van der Waals surface area contributed by atoms with Crippen LogP contribution in [0.5, 0.6) is 0 Å². The van der Waals surface area contributed by atoms with Gasteiger partial charge in [-0.3, -0.25) is 9.69 Å². The molecule has 3 aliphatic rings. The molecule has 172 valence electrons. The van der Waals surface area contributed by atoms with Gasteiger partial charge >= 0.3 is 0 Å². The molecule has 3 saturated heterocycles. The molecule has 31 heavy (non-hydrogen) atoms. The minimum Gasteiger partial charge on any atom is -0.339 e. The Kier molecular flexibility index (Phi) is 7.17. The third-order valence-electron chi connectivity index (χ3n) is 6.63. The molecule has 3 fully saturated rings. The van der Waals surface area contributed by atoms with Crippen molar-refractivity contribution in [1.29, 1.82) is 0 Å². The summed E-state index contributed by atoms with van der Waals surface area (Å²) in [6, 6.07) is 3.86. The number of sulfonamides is 1. The molecule has 10 heteroatoms. The van der Waals surface area contributed by atoms with Crippen molar-refractivity contribution in [1.82, 2.24) is 19.0 Å². The number of carbonyl (C=O) groups is 1. The van der Waals surface area contributed by atoms with Gasteiger partial charge in [0.25, 0.3) is 0 Å². The second kappa shape index (κ2) is 9.70. The highest BCUT2D eigenvalue weighted by atomic mass is 35.5. The topological polar surface area (TPSA) is 64.2 Å². The quantitative estimate of drug-likeness (QED) is 0.632. The Hall–Kier alpha value is -1.26. The number of amides is 1. The molecule has 0 bridgehead atoms. The highest BCUT2D eigenvalue weighted by molar-refractivity contribution is 7.89. The van der Waals surface area contributed by atoms with Crippen LogP contribution in [0.3, 0.4) is 0 Å². The zero-order valence-corrected chi connectivity index (χ0v) is 19.3. The van der Waals surface area contributed by atoms with E-state index < -0.39 is 15.8 Å². The fourth-order valence-corrected chi connectivity index (χ4v) is 6.51. The molecule has 4 rings (SSSR count). The van der Waals surface area contributed by atoms with Gasteiger partial charge in [-0.1, -0.05) is 11.6 Å². The summed E-state index contributed by atoms with van der Waals surface area (Å²) in [5.41, 5.74) is 0. The van der Waals surface area contributed by atoms with Gasteiger partial charge in [-0.05, 0) is 63.5 Å². The molecule has 1 aromatic rings. The molecule has 1 atom stereocenters. The van der Waals surface area contributed by atoms with E-state index in [1.165, 1.54) is 23.2 Å². The molecule has 0 spiro atoms. The zero-order chi connectivity index (χ0) is 22.0. The first-order valence-electron chi connectivity index (χ1n) is 11.0. The van der Waals surface area contributed by atoms with Crippen LogP contribution in [0.1, 0.15) is 25.7 Å². The van der Waals surface area contributed by atoms with Gasteiger partial charge in [0.2, 0.25) is 15.9 Å². The highest BCUT2D eigenvalue weighted by Gasteiger charge is 2.33. The van der Waals surface area contributed by atoms with Crippen LogP contribution in [0.15, 0.2) is 23.1 Å². The second-order valence-corrected chi connectivity index (χ2v) is 11.0. The van der Waals surface area contributed by atoms with E-state index in [2.05, 4.69) is 9.80 Å². The van der Waals surface area contributed by atoms with Crippen LogP contribution < -0.4 is 0 Å². The summed E-state index contributed by atoms with van der Waals surface area (Å²) in [5, 5.41) is -0.219. The van der Waals surface area contributed by atoms with Crippen molar-refractivity contribution >= 4 is 27.5 Å². The molecule has 0 N–H and O–H groups in total. The van der Waals surface area contributed by atoms with E-state index in [1.54, 1.807) is 4.90 Å². The van der Waals surface area contributed by atoms with Crippen LogP contribution in [0.4, 0.5) is 4.39 Å². The lowest BCUT2D eigenvalue weighted by atomic mass is 10.2. The first-order valence-corrected chi connectivity index (χ1v) is 12.9. The maximum atomic E-state index is 13.4. The molecule has 3 heterocycles. The largest absolute Gasteiger partial charge is 0.339 e. The van der Waals surface area contributed by atoms with Crippen LogP contribution in [0, 0.1) is 5.82 Å². The lowest BCUT2D eigenvalue weighted by Gasteiger charge is -2.36. The van der Waals surface area contributed by atoms with E-state index in [1.807, 2.05) is 0 Å². The first kappa shape index (κ1) is 22.9. The summed E-state index contributed by atoms with van der Waals surface area (Å²) in [7, 11) is -3.77. The molecule has 1 amide bonds. The number of nitrogens with zero attached hydrogens (tertiary/aromatic N) is 4. The van der Waals surface area contributed by atoms with Crippen molar-refractivity contribution in [3.63, 3.8) is 0 Å². The number of piperazine rings is 1. The van der Waals surface area contributed by atoms with E-state index in [0.717, 1.165) is 51.2 Å². The van der Waals surface area contributed by atoms with Crippen LogP contribution in [-0.2, 0) is 14.8 Å². The Morgan fingerprint density at radius 2 is 1.74 bits per heavy atom. The van der Waals surface area contributed by atoms with Crippen molar-refractivity contribution in [2.75, 3.05) is 58.9 Å². The van der Waals surface area contributed by atoms with Crippen molar-refractivity contribution in [2.45, 2.75) is 36.6 Å². The summed E-state index contributed by atoms with van der Waals surface area (Å²) in [5.74, 6) is -0.587. The van der Waals surface area contributed by atoms with Crippen molar-refractivity contribution in [3.8, 4) is 0 Å². The summed E-state index contributed by atoms with van der Waals surface area (Å²) < 4.78 is 40.4. The van der Waals surface area contributed by atoms with Gasteiger partial charge in [-0.25, -0.2) is 12.8 Å². The maximum Gasteiger partial charge on any atom is 0.243 e. The monoisotopic (exact) mass is 472 g/mol. The third-order valence-corrected chi connectivity index (χ3v) is 8.81.